The van der Waals surface area contributed by atoms with Crippen molar-refractivity contribution in [1.82, 2.24) is 0 Å². The minimum atomic E-state index is -1.75. The van der Waals surface area contributed by atoms with E-state index in [1.165, 1.54) is 0 Å². The van der Waals surface area contributed by atoms with E-state index in [0.29, 0.717) is 0 Å². The Kier molecular flexibility index (Phi) is 68.2. The van der Waals surface area contributed by atoms with Crippen LogP contribution in [0.4, 0.5) is 0 Å². The van der Waals surface area contributed by atoms with E-state index >= 15 is 0 Å². The Morgan fingerprint density at radius 2 is 1.00 bits per heavy atom. The molecule has 0 aliphatic heterocycles. The average Bonchev–Trinajstić information content (AvgIpc) is 1.39. The summed E-state index contributed by atoms with van der Waals surface area (Å²) >= 11 is -3.50. The van der Waals surface area contributed by atoms with Crippen LogP contribution in [0, 0.1) is 0 Å². The molecule has 0 unspecified atom stereocenters. The van der Waals surface area contributed by atoms with E-state index in [1.807, 2.05) is 0 Å². The molecule has 0 fully saturated rings. The van der Waals surface area contributed by atoms with Crippen molar-refractivity contribution in [2.24, 2.45) is 0 Å². The summed E-state index contributed by atoms with van der Waals surface area (Å²) in [7, 11) is 0. The van der Waals surface area contributed by atoms with Gasteiger partial charge in [0.05, 0.1) is 0 Å². The van der Waals surface area contributed by atoms with E-state index in [0.717, 1.165) is 0 Å². The summed E-state index contributed by atoms with van der Waals surface area (Å²) in [5.41, 5.74) is 0. The van der Waals surface area contributed by atoms with Crippen LogP contribution < -0.4 is 8.32 Å². The van der Waals surface area contributed by atoms with Gasteiger partial charge in [-0.15, -0.1) is 0 Å². The summed E-state index contributed by atoms with van der Waals surface area (Å²) in [6.07, 6.45) is 0. The smallest absolute Gasteiger partial charge is 2.00 e. The molecule has 7 heteroatoms. The summed E-state index contributed by atoms with van der Waals surface area (Å²) in [5, 5.41) is 0. The first-order valence-corrected chi connectivity index (χ1v) is 2.83. The number of hydrogen-bond acceptors (Lipinski definition) is 4. The van der Waals surface area contributed by atoms with Crippen LogP contribution in [0.1, 0.15) is 0 Å². The molecule has 36 valence electrons. The summed E-state index contributed by atoms with van der Waals surface area (Å²) in [6.45, 7) is 0. The topological polar surface area (TPSA) is 80.3 Å². The standard InChI is InChI=1S/2Al.4O.S/q;;;;2*-1;+2. The molecule has 0 aromatic carbocycles. The van der Waals surface area contributed by atoms with Gasteiger partial charge in [0.15, 0.2) is 0 Å². The van der Waals surface area contributed by atoms with Gasteiger partial charge in [-0.2, -0.15) is 0 Å². The van der Waals surface area contributed by atoms with Gasteiger partial charge in [0.2, 0.25) is 0 Å². The zero-order valence-corrected chi connectivity index (χ0v) is 6.32. The molecular weight excluding hydrogens is 150 g/mol. The first-order valence-electron chi connectivity index (χ1n) is 0.943. The molecule has 0 bridgehead atoms. The second-order valence-corrected chi connectivity index (χ2v) is 0.577. The van der Waals surface area contributed by atoms with Gasteiger partial charge in [-0.1, -0.05) is 0 Å². The first kappa shape index (κ1) is 15.6. The van der Waals surface area contributed by atoms with Crippen LogP contribution in [0.2, 0.25) is 0 Å². The van der Waals surface area contributed by atoms with Crippen LogP contribution in [0.5, 0.6) is 0 Å². The van der Waals surface area contributed by atoms with E-state index in [-0.39, 0.29) is 13.5 Å². The molecule has 0 aliphatic rings. The maximum absolute atomic E-state index is 8.46. The Morgan fingerprint density at radius 1 is 1.00 bits per heavy atom. The van der Waals surface area contributed by atoms with Crippen molar-refractivity contribution >= 4 is 44.5 Å². The Morgan fingerprint density at radius 3 is 1.00 bits per heavy atom. The van der Waals surface area contributed by atoms with Crippen molar-refractivity contribution in [3.63, 3.8) is 0 Å². The molecule has 0 N–H and O–H groups in total. The Hall–Kier alpha value is 0.615. The van der Waals surface area contributed by atoms with Crippen LogP contribution in [0.25, 0.3) is 0 Å². The van der Waals surface area contributed by atoms with Gasteiger partial charge in [-0.25, -0.2) is 0 Å². The van der Waals surface area contributed by atoms with Gasteiger partial charge < -0.3 is 0 Å². The minimum Gasteiger partial charge on any atom is 2.00 e. The van der Waals surface area contributed by atoms with Crippen molar-refractivity contribution in [2.45, 2.75) is 0 Å². The normalized spacial score (nSPS) is 2.29. The predicted octanol–water partition coefficient (Wildman–Crippen LogP) is -3.38. The zero-order valence-electron chi connectivity index (χ0n) is 3.20. The molecule has 0 saturated carbocycles. The summed E-state index contributed by atoms with van der Waals surface area (Å²) in [4.78, 5) is 0. The van der Waals surface area contributed by atoms with E-state index < -0.39 is 31.0 Å². The van der Waals surface area contributed by atoms with Crippen LogP contribution in [-0.2, 0) is 21.1 Å². The summed E-state index contributed by atoms with van der Waals surface area (Å²) in [6, 6.07) is 0. The zero-order chi connectivity index (χ0) is 5.41. The van der Waals surface area contributed by atoms with E-state index in [4.69, 9.17) is 15.9 Å². The minimum absolute atomic E-state index is 0. The molecule has 0 spiro atoms. The Balaban J connectivity index is -0.0000000400. The van der Waals surface area contributed by atoms with Crippen molar-refractivity contribution < 1.29 is 15.9 Å². The molecule has 4 radical (unpaired) electrons. The van der Waals surface area contributed by atoms with Crippen molar-refractivity contribution in [2.75, 3.05) is 0 Å². The molecule has 0 aliphatic carbocycles. The maximum atomic E-state index is 8.46. The third-order valence-electron chi connectivity index (χ3n) is 0. The summed E-state index contributed by atoms with van der Waals surface area (Å²) < 4.78 is 33.8. The first-order chi connectivity index (χ1) is 2.83. The van der Waals surface area contributed by atoms with Crippen LogP contribution >= 0.6 is 0 Å². The molecule has 0 aromatic heterocycles. The molecule has 0 aromatic rings. The molecule has 7 heavy (non-hydrogen) atoms. The third-order valence-corrected chi connectivity index (χ3v) is 0. The van der Waals surface area contributed by atoms with Crippen LogP contribution in [0.15, 0.2) is 0 Å². The Labute approximate surface area is 60.5 Å². The SMILES string of the molecule is [O]=[Al][O-].[O]=[Al][O-].[S+2]. The van der Waals surface area contributed by atoms with E-state index in [2.05, 4.69) is 0 Å². The van der Waals surface area contributed by atoms with Crippen molar-refractivity contribution in [3.05, 3.63) is 0 Å². The molecule has 0 amide bonds. The fourth-order valence-electron chi connectivity index (χ4n) is 0. The van der Waals surface area contributed by atoms with E-state index in [9.17, 15) is 0 Å². The monoisotopic (exact) mass is 150 g/mol. The van der Waals surface area contributed by atoms with Crippen molar-refractivity contribution in [3.8, 4) is 0 Å². The number of hydrogen-bond donors (Lipinski definition) is 0. The molecular formula is Al2O4S. The van der Waals surface area contributed by atoms with Gasteiger partial charge in [-0.05, 0) is 0 Å². The average molecular weight is 150 g/mol. The van der Waals surface area contributed by atoms with Gasteiger partial charge in [0.1, 0.15) is 0 Å². The van der Waals surface area contributed by atoms with Crippen molar-refractivity contribution in [1.29, 1.82) is 0 Å². The number of rotatable bonds is 0. The molecule has 0 saturated heterocycles. The molecule has 0 rings (SSSR count). The quantitative estimate of drug-likeness (QED) is 0.337. The van der Waals surface area contributed by atoms with Gasteiger partial charge in [0.25, 0.3) is 0 Å². The largest absolute Gasteiger partial charge is 2.00 e. The third kappa shape index (κ3) is 373. The van der Waals surface area contributed by atoms with Crippen LogP contribution in [0.3, 0.4) is 0 Å². The molecule has 0 heterocycles. The predicted molar refractivity (Wildman–Crippen MR) is 20.2 cm³/mol. The Bertz CT molecular complexity index is 30.7. The van der Waals surface area contributed by atoms with Crippen LogP contribution in [-0.4, -0.2) is 31.0 Å². The molecule has 0 atom stereocenters. The fraction of sp³-hybridized carbons (Fsp3) is 0. The second kappa shape index (κ2) is 30.5. The van der Waals surface area contributed by atoms with Gasteiger partial charge in [0, 0.05) is 0 Å². The van der Waals surface area contributed by atoms with Gasteiger partial charge >= 0.3 is 60.4 Å². The summed E-state index contributed by atoms with van der Waals surface area (Å²) in [5.74, 6) is 0. The van der Waals surface area contributed by atoms with Gasteiger partial charge in [-0.3, -0.25) is 0 Å². The fourth-order valence-corrected chi connectivity index (χ4v) is 0. The van der Waals surface area contributed by atoms with E-state index in [1.54, 1.807) is 0 Å². The second-order valence-electron chi connectivity index (χ2n) is 0.192. The molecule has 4 nitrogen and oxygen atoms in total. The maximum Gasteiger partial charge on any atom is 2.00 e.